The van der Waals surface area contributed by atoms with E-state index in [0.717, 1.165) is 40.9 Å². The van der Waals surface area contributed by atoms with Crippen molar-refractivity contribution in [2.24, 2.45) is 7.05 Å². The predicted octanol–water partition coefficient (Wildman–Crippen LogP) is 6.61. The highest BCUT2D eigenvalue weighted by molar-refractivity contribution is 6.28. The zero-order valence-electron chi connectivity index (χ0n) is 23.2. The number of likely N-dealkylation sites (tertiary alicyclic amines) is 1. The molecule has 1 saturated heterocycles. The minimum Gasteiger partial charge on any atom is -0.457 e. The van der Waals surface area contributed by atoms with Gasteiger partial charge in [0.15, 0.2) is 5.82 Å². The second-order valence-electron chi connectivity index (χ2n) is 10.7. The SMILES string of the molecule is Cc1cc(Nc2nc(Cl)ncc2C#CC2CCCN2C(=O)OC(C)(C)C)ccc1Oc1ccc2c(c1)ncn2C. The second kappa shape index (κ2) is 11.1. The Hall–Kier alpha value is -4.29. The molecule has 40 heavy (non-hydrogen) atoms. The Morgan fingerprint density at radius 3 is 2.77 bits per heavy atom. The van der Waals surface area contributed by atoms with Gasteiger partial charge in [0.25, 0.3) is 0 Å². The van der Waals surface area contributed by atoms with E-state index in [2.05, 4.69) is 32.1 Å². The summed E-state index contributed by atoms with van der Waals surface area (Å²) in [5.74, 6) is 8.27. The number of benzene rings is 2. The average Bonchev–Trinajstić information content (AvgIpc) is 3.51. The van der Waals surface area contributed by atoms with Crippen LogP contribution in [0.1, 0.15) is 44.7 Å². The van der Waals surface area contributed by atoms with E-state index in [0.29, 0.717) is 23.7 Å². The summed E-state index contributed by atoms with van der Waals surface area (Å²) in [5.41, 5.74) is 3.64. The van der Waals surface area contributed by atoms with Gasteiger partial charge in [-0.2, -0.15) is 4.98 Å². The molecule has 1 amide bonds. The fourth-order valence-electron chi connectivity index (χ4n) is 4.45. The Bertz CT molecular complexity index is 1630. The van der Waals surface area contributed by atoms with E-state index in [-0.39, 0.29) is 17.4 Å². The normalized spacial score (nSPS) is 15.1. The number of carbonyl (C=O) groups is 1. The number of nitrogens with one attached hydrogen (secondary N) is 1. The molecule has 1 unspecified atom stereocenters. The summed E-state index contributed by atoms with van der Waals surface area (Å²) in [7, 11) is 1.96. The number of hydrogen-bond donors (Lipinski definition) is 1. The lowest BCUT2D eigenvalue weighted by molar-refractivity contribution is 0.0261. The first kappa shape index (κ1) is 27.3. The molecule has 1 aliphatic rings. The van der Waals surface area contributed by atoms with Gasteiger partial charge in [-0.3, -0.25) is 4.90 Å². The van der Waals surface area contributed by atoms with Gasteiger partial charge < -0.3 is 19.4 Å². The molecule has 10 heteroatoms. The molecule has 9 nitrogen and oxygen atoms in total. The minimum atomic E-state index is -0.565. The third-order valence-electron chi connectivity index (χ3n) is 6.38. The molecule has 0 saturated carbocycles. The number of imidazole rings is 1. The molecule has 3 heterocycles. The molecule has 0 radical (unpaired) electrons. The number of nitrogens with zero attached hydrogens (tertiary/aromatic N) is 5. The maximum atomic E-state index is 12.6. The molecule has 2 aromatic heterocycles. The molecule has 1 N–H and O–H groups in total. The number of anilines is 2. The van der Waals surface area contributed by atoms with Crippen molar-refractivity contribution < 1.29 is 14.3 Å². The molecule has 0 aliphatic carbocycles. The fourth-order valence-corrected chi connectivity index (χ4v) is 4.58. The Kier molecular flexibility index (Phi) is 7.55. The van der Waals surface area contributed by atoms with Crippen molar-refractivity contribution in [2.75, 3.05) is 11.9 Å². The Balaban J connectivity index is 1.32. The lowest BCUT2D eigenvalue weighted by Crippen LogP contribution is -2.39. The van der Waals surface area contributed by atoms with Crippen LogP contribution in [0.15, 0.2) is 48.9 Å². The van der Waals surface area contributed by atoms with Crippen molar-refractivity contribution in [1.82, 2.24) is 24.4 Å². The maximum absolute atomic E-state index is 12.6. The van der Waals surface area contributed by atoms with Crippen LogP contribution in [0.2, 0.25) is 5.28 Å². The van der Waals surface area contributed by atoms with Crippen LogP contribution in [0.5, 0.6) is 11.5 Å². The van der Waals surface area contributed by atoms with Crippen LogP contribution >= 0.6 is 11.6 Å². The lowest BCUT2D eigenvalue weighted by Gasteiger charge is -2.26. The zero-order chi connectivity index (χ0) is 28.4. The monoisotopic (exact) mass is 558 g/mol. The average molecular weight is 559 g/mol. The van der Waals surface area contributed by atoms with Crippen molar-refractivity contribution in [3.8, 4) is 23.3 Å². The first-order valence-electron chi connectivity index (χ1n) is 13.1. The number of ether oxygens (including phenoxy) is 2. The number of hydrogen-bond acceptors (Lipinski definition) is 7. The van der Waals surface area contributed by atoms with Gasteiger partial charge in [-0.25, -0.2) is 14.8 Å². The van der Waals surface area contributed by atoms with E-state index < -0.39 is 5.60 Å². The first-order chi connectivity index (χ1) is 19.1. The van der Waals surface area contributed by atoms with Crippen LogP contribution < -0.4 is 10.1 Å². The maximum Gasteiger partial charge on any atom is 0.411 e. The van der Waals surface area contributed by atoms with Gasteiger partial charge in [0.05, 0.1) is 29.0 Å². The largest absolute Gasteiger partial charge is 0.457 e. The topological polar surface area (TPSA) is 94.4 Å². The van der Waals surface area contributed by atoms with Crippen molar-refractivity contribution in [3.05, 3.63) is 65.3 Å². The van der Waals surface area contributed by atoms with Crippen LogP contribution in [-0.2, 0) is 11.8 Å². The van der Waals surface area contributed by atoms with E-state index in [1.54, 1.807) is 17.4 Å². The van der Waals surface area contributed by atoms with Gasteiger partial charge in [-0.1, -0.05) is 11.8 Å². The van der Waals surface area contributed by atoms with E-state index in [4.69, 9.17) is 21.1 Å². The van der Waals surface area contributed by atoms with Gasteiger partial charge >= 0.3 is 6.09 Å². The van der Waals surface area contributed by atoms with Crippen LogP contribution in [0.25, 0.3) is 11.0 Å². The molecule has 4 aromatic rings. The molecule has 1 aliphatic heterocycles. The Labute approximate surface area is 238 Å². The summed E-state index contributed by atoms with van der Waals surface area (Å²) in [6.07, 6.45) is 4.65. The highest BCUT2D eigenvalue weighted by Gasteiger charge is 2.31. The quantitative estimate of drug-likeness (QED) is 0.222. The number of aromatic nitrogens is 4. The summed E-state index contributed by atoms with van der Waals surface area (Å²) in [6.45, 7) is 8.14. The predicted molar refractivity (Wildman–Crippen MR) is 155 cm³/mol. The Morgan fingerprint density at radius 1 is 1.18 bits per heavy atom. The number of fused-ring (bicyclic) bond motifs is 1. The highest BCUT2D eigenvalue weighted by atomic mass is 35.5. The molecule has 0 spiro atoms. The van der Waals surface area contributed by atoms with Crippen molar-refractivity contribution in [2.45, 2.75) is 52.2 Å². The molecule has 206 valence electrons. The minimum absolute atomic E-state index is 0.103. The van der Waals surface area contributed by atoms with Gasteiger partial charge in [0, 0.05) is 31.5 Å². The van der Waals surface area contributed by atoms with Crippen LogP contribution in [-0.4, -0.2) is 48.7 Å². The number of halogens is 1. The summed E-state index contributed by atoms with van der Waals surface area (Å²) in [4.78, 5) is 27.2. The lowest BCUT2D eigenvalue weighted by atomic mass is 10.2. The molecular weight excluding hydrogens is 528 g/mol. The van der Waals surface area contributed by atoms with Crippen molar-refractivity contribution >= 4 is 40.2 Å². The molecule has 1 atom stereocenters. The number of rotatable bonds is 4. The first-order valence-corrected chi connectivity index (χ1v) is 13.4. The summed E-state index contributed by atoms with van der Waals surface area (Å²) < 4.78 is 13.7. The molecule has 5 rings (SSSR count). The zero-order valence-corrected chi connectivity index (χ0v) is 23.9. The molecule has 1 fully saturated rings. The molecule has 2 aromatic carbocycles. The third kappa shape index (κ3) is 6.29. The molecular formula is C30H31ClN6O3. The number of carbonyl (C=O) groups excluding carboxylic acids is 1. The van der Waals surface area contributed by atoms with Gasteiger partial charge in [0.2, 0.25) is 5.28 Å². The van der Waals surface area contributed by atoms with Crippen molar-refractivity contribution in [3.63, 3.8) is 0 Å². The summed E-state index contributed by atoms with van der Waals surface area (Å²) >= 11 is 6.12. The molecule has 0 bridgehead atoms. The van der Waals surface area contributed by atoms with Crippen LogP contribution in [0, 0.1) is 18.8 Å². The van der Waals surface area contributed by atoms with E-state index in [1.165, 1.54) is 0 Å². The highest BCUT2D eigenvalue weighted by Crippen LogP contribution is 2.30. The van der Waals surface area contributed by atoms with Gasteiger partial charge in [-0.05, 0) is 88.0 Å². The van der Waals surface area contributed by atoms with E-state index >= 15 is 0 Å². The number of aryl methyl sites for hydroxylation is 2. The van der Waals surface area contributed by atoms with Gasteiger partial charge in [-0.15, -0.1) is 0 Å². The summed E-state index contributed by atoms with van der Waals surface area (Å²) in [5, 5.41) is 3.40. The van der Waals surface area contributed by atoms with Crippen LogP contribution in [0.3, 0.4) is 0 Å². The second-order valence-corrected chi connectivity index (χ2v) is 11.1. The summed E-state index contributed by atoms with van der Waals surface area (Å²) in [6, 6.07) is 11.3. The van der Waals surface area contributed by atoms with Crippen LogP contribution in [0.4, 0.5) is 16.3 Å². The van der Waals surface area contributed by atoms with E-state index in [9.17, 15) is 4.79 Å². The third-order valence-corrected chi connectivity index (χ3v) is 6.56. The van der Waals surface area contributed by atoms with E-state index in [1.807, 2.05) is 75.7 Å². The smallest absolute Gasteiger partial charge is 0.411 e. The fraction of sp³-hybridized carbons (Fsp3) is 0.333. The number of amides is 1. The van der Waals surface area contributed by atoms with Crippen molar-refractivity contribution in [1.29, 1.82) is 0 Å². The van der Waals surface area contributed by atoms with Gasteiger partial charge in [0.1, 0.15) is 17.1 Å². The standard InChI is InChI=1S/C30H31ClN6O3/c1-19-15-21(9-13-26(19)39-23-11-12-25-24(16-23)33-18-36(25)5)34-27-20(17-32-28(31)35-27)8-10-22-7-6-14-37(22)29(38)40-30(2,3)4/h9,11-13,15-18,22H,6-7,14H2,1-5H3,(H,32,34,35). The Morgan fingerprint density at radius 2 is 2.00 bits per heavy atom.